The molecule has 3 unspecified atom stereocenters. The minimum atomic E-state index is 0.0424. The summed E-state index contributed by atoms with van der Waals surface area (Å²) in [5.41, 5.74) is 0. The molecule has 1 fully saturated rings. The van der Waals surface area contributed by atoms with Crippen LogP contribution in [-0.4, -0.2) is 42.3 Å². The van der Waals surface area contributed by atoms with Crippen molar-refractivity contribution >= 4 is 6.03 Å². The van der Waals surface area contributed by atoms with E-state index in [-0.39, 0.29) is 12.6 Å². The van der Waals surface area contributed by atoms with Gasteiger partial charge < -0.3 is 15.3 Å². The monoisotopic (exact) mass is 298 g/mol. The predicted octanol–water partition coefficient (Wildman–Crippen LogP) is 3.25. The Kier molecular flexibility index (Phi) is 8.09. The zero-order valence-electron chi connectivity index (χ0n) is 14.3. The maximum Gasteiger partial charge on any atom is 0.317 e. The number of carbonyl (C=O) groups excluding carboxylic acids is 1. The number of hydrogen-bond donors (Lipinski definition) is 2. The molecule has 0 saturated heterocycles. The number of nitrogens with zero attached hydrogens (tertiary/aromatic N) is 1. The molecule has 1 rings (SSSR count). The number of aliphatic hydroxyl groups is 1. The molecular formula is C17H34N2O2. The summed E-state index contributed by atoms with van der Waals surface area (Å²) < 4.78 is 0. The van der Waals surface area contributed by atoms with Crippen LogP contribution in [0.3, 0.4) is 0 Å². The second-order valence-electron chi connectivity index (χ2n) is 7.23. The molecular weight excluding hydrogens is 264 g/mol. The second-order valence-corrected chi connectivity index (χ2v) is 7.23. The number of urea groups is 1. The molecule has 2 amide bonds. The summed E-state index contributed by atoms with van der Waals surface area (Å²) in [6, 6.07) is 0.427. The minimum absolute atomic E-state index is 0.0424. The van der Waals surface area contributed by atoms with Gasteiger partial charge in [-0.1, -0.05) is 33.6 Å². The quantitative estimate of drug-likeness (QED) is 0.758. The van der Waals surface area contributed by atoms with E-state index in [1.807, 2.05) is 11.9 Å². The SMILES string of the molecule is CC(C)CC(CCO)CNC(=O)N(C)C1CCCC(C)C1. The van der Waals surface area contributed by atoms with Crippen molar-refractivity contribution in [3.63, 3.8) is 0 Å². The van der Waals surface area contributed by atoms with Crippen molar-refractivity contribution < 1.29 is 9.90 Å². The largest absolute Gasteiger partial charge is 0.396 e. The molecule has 0 aromatic heterocycles. The maximum atomic E-state index is 12.3. The van der Waals surface area contributed by atoms with Crippen LogP contribution in [-0.2, 0) is 0 Å². The summed E-state index contributed by atoms with van der Waals surface area (Å²) in [5.74, 6) is 1.69. The van der Waals surface area contributed by atoms with Crippen LogP contribution in [0, 0.1) is 17.8 Å². The first kappa shape index (κ1) is 18.3. The molecule has 0 heterocycles. The molecule has 0 aromatic carbocycles. The van der Waals surface area contributed by atoms with Gasteiger partial charge in [-0.15, -0.1) is 0 Å². The van der Waals surface area contributed by atoms with E-state index >= 15 is 0 Å². The molecule has 0 spiro atoms. The van der Waals surface area contributed by atoms with Crippen molar-refractivity contribution in [2.24, 2.45) is 17.8 Å². The van der Waals surface area contributed by atoms with Crippen LogP contribution in [0.25, 0.3) is 0 Å². The average Bonchev–Trinajstić information content (AvgIpc) is 2.43. The zero-order valence-corrected chi connectivity index (χ0v) is 14.3. The molecule has 1 aliphatic rings. The van der Waals surface area contributed by atoms with Gasteiger partial charge in [0.05, 0.1) is 0 Å². The topological polar surface area (TPSA) is 52.6 Å². The highest BCUT2D eigenvalue weighted by Crippen LogP contribution is 2.26. The van der Waals surface area contributed by atoms with Gasteiger partial charge in [-0.05, 0) is 43.4 Å². The minimum Gasteiger partial charge on any atom is -0.396 e. The molecule has 1 saturated carbocycles. The third-order valence-electron chi connectivity index (χ3n) is 4.66. The van der Waals surface area contributed by atoms with E-state index in [9.17, 15) is 4.79 Å². The number of hydrogen-bond acceptors (Lipinski definition) is 2. The van der Waals surface area contributed by atoms with Crippen LogP contribution in [0.4, 0.5) is 4.79 Å². The molecule has 0 bridgehead atoms. The van der Waals surface area contributed by atoms with E-state index in [0.717, 1.165) is 31.6 Å². The fourth-order valence-electron chi connectivity index (χ4n) is 3.43. The Morgan fingerprint density at radius 3 is 2.67 bits per heavy atom. The van der Waals surface area contributed by atoms with Gasteiger partial charge in [0.1, 0.15) is 0 Å². The van der Waals surface area contributed by atoms with Gasteiger partial charge >= 0.3 is 6.03 Å². The molecule has 0 aliphatic heterocycles. The molecule has 124 valence electrons. The Labute approximate surface area is 130 Å². The fraction of sp³-hybridized carbons (Fsp3) is 0.941. The average molecular weight is 298 g/mol. The van der Waals surface area contributed by atoms with E-state index in [4.69, 9.17) is 5.11 Å². The highest BCUT2D eigenvalue weighted by molar-refractivity contribution is 5.74. The first-order valence-corrected chi connectivity index (χ1v) is 8.55. The van der Waals surface area contributed by atoms with E-state index in [1.165, 1.54) is 12.8 Å². The Balaban J connectivity index is 2.39. The maximum absolute atomic E-state index is 12.3. The van der Waals surface area contributed by atoms with Gasteiger partial charge in [-0.2, -0.15) is 0 Å². The van der Waals surface area contributed by atoms with Crippen molar-refractivity contribution in [3.8, 4) is 0 Å². The first-order chi connectivity index (χ1) is 9.93. The summed E-state index contributed by atoms with van der Waals surface area (Å²) >= 11 is 0. The lowest BCUT2D eigenvalue weighted by Gasteiger charge is -2.34. The summed E-state index contributed by atoms with van der Waals surface area (Å²) in [7, 11) is 1.92. The van der Waals surface area contributed by atoms with Crippen LogP contribution >= 0.6 is 0 Å². The summed E-state index contributed by atoms with van der Waals surface area (Å²) in [6.45, 7) is 7.51. The Morgan fingerprint density at radius 1 is 1.38 bits per heavy atom. The lowest BCUT2D eigenvalue weighted by atomic mass is 9.86. The van der Waals surface area contributed by atoms with Crippen LogP contribution in [0.2, 0.25) is 0 Å². The highest BCUT2D eigenvalue weighted by atomic mass is 16.3. The fourth-order valence-corrected chi connectivity index (χ4v) is 3.43. The molecule has 3 atom stereocenters. The summed E-state index contributed by atoms with van der Waals surface area (Å²) in [5, 5.41) is 12.2. The van der Waals surface area contributed by atoms with Crippen LogP contribution in [0.15, 0.2) is 0 Å². The normalized spacial score (nSPS) is 23.9. The molecule has 0 aromatic rings. The van der Waals surface area contributed by atoms with E-state index in [2.05, 4.69) is 26.1 Å². The first-order valence-electron chi connectivity index (χ1n) is 8.55. The lowest BCUT2D eigenvalue weighted by molar-refractivity contribution is 0.157. The molecule has 0 radical (unpaired) electrons. The summed E-state index contributed by atoms with van der Waals surface area (Å²) in [4.78, 5) is 14.2. The number of nitrogens with one attached hydrogen (secondary N) is 1. The molecule has 2 N–H and O–H groups in total. The predicted molar refractivity (Wildman–Crippen MR) is 87.2 cm³/mol. The number of carbonyl (C=O) groups is 1. The van der Waals surface area contributed by atoms with Gasteiger partial charge in [-0.25, -0.2) is 4.79 Å². The van der Waals surface area contributed by atoms with Gasteiger partial charge in [0, 0.05) is 26.2 Å². The Bertz CT molecular complexity index is 307. The number of aliphatic hydroxyl groups excluding tert-OH is 1. The van der Waals surface area contributed by atoms with Crippen molar-refractivity contribution in [1.29, 1.82) is 0 Å². The van der Waals surface area contributed by atoms with E-state index < -0.39 is 0 Å². The molecule has 21 heavy (non-hydrogen) atoms. The Morgan fingerprint density at radius 2 is 2.10 bits per heavy atom. The van der Waals surface area contributed by atoms with Crippen molar-refractivity contribution in [2.75, 3.05) is 20.2 Å². The van der Waals surface area contributed by atoms with Gasteiger partial charge in [0.25, 0.3) is 0 Å². The van der Waals surface area contributed by atoms with E-state index in [0.29, 0.717) is 24.4 Å². The lowest BCUT2D eigenvalue weighted by Crippen LogP contribution is -2.46. The van der Waals surface area contributed by atoms with Crippen molar-refractivity contribution in [2.45, 2.75) is 65.3 Å². The second kappa shape index (κ2) is 9.29. The van der Waals surface area contributed by atoms with Crippen LogP contribution in [0.5, 0.6) is 0 Å². The van der Waals surface area contributed by atoms with Crippen molar-refractivity contribution in [3.05, 3.63) is 0 Å². The number of rotatable bonds is 7. The van der Waals surface area contributed by atoms with Gasteiger partial charge in [0.15, 0.2) is 0 Å². The van der Waals surface area contributed by atoms with Crippen LogP contribution in [0.1, 0.15) is 59.3 Å². The van der Waals surface area contributed by atoms with Gasteiger partial charge in [0.2, 0.25) is 0 Å². The third kappa shape index (κ3) is 6.68. The standard InChI is InChI=1S/C17H34N2O2/c1-13(2)10-15(8-9-20)12-18-17(21)19(4)16-7-5-6-14(3)11-16/h13-16,20H,5-12H2,1-4H3,(H,18,21). The Hall–Kier alpha value is -0.770. The van der Waals surface area contributed by atoms with E-state index in [1.54, 1.807) is 0 Å². The molecule has 4 nitrogen and oxygen atoms in total. The van der Waals surface area contributed by atoms with Crippen molar-refractivity contribution in [1.82, 2.24) is 10.2 Å². The third-order valence-corrected chi connectivity index (χ3v) is 4.66. The smallest absolute Gasteiger partial charge is 0.317 e. The molecule has 4 heteroatoms. The summed E-state index contributed by atoms with van der Waals surface area (Å²) in [6.07, 6.45) is 6.58. The number of amides is 2. The molecule has 1 aliphatic carbocycles. The highest BCUT2D eigenvalue weighted by Gasteiger charge is 2.25. The zero-order chi connectivity index (χ0) is 15.8. The van der Waals surface area contributed by atoms with Crippen LogP contribution < -0.4 is 5.32 Å². The van der Waals surface area contributed by atoms with Gasteiger partial charge in [-0.3, -0.25) is 0 Å².